The van der Waals surface area contributed by atoms with Gasteiger partial charge in [0, 0.05) is 17.7 Å². The van der Waals surface area contributed by atoms with Crippen molar-refractivity contribution in [1.29, 1.82) is 5.26 Å². The van der Waals surface area contributed by atoms with Gasteiger partial charge in [-0.2, -0.15) is 26.9 Å². The van der Waals surface area contributed by atoms with Crippen LogP contribution >= 0.6 is 0 Å². The lowest BCUT2D eigenvalue weighted by molar-refractivity contribution is -0.384. The summed E-state index contributed by atoms with van der Waals surface area (Å²) in [7, 11) is -6.21. The van der Waals surface area contributed by atoms with Crippen LogP contribution in [0.4, 0.5) is 18.9 Å². The summed E-state index contributed by atoms with van der Waals surface area (Å²) in [5.74, 6) is -2.04. The third-order valence-electron chi connectivity index (χ3n) is 4.39. The first-order chi connectivity index (χ1) is 15.2. The molecule has 0 aliphatic carbocycles. The number of hydrogen-bond donors (Lipinski definition) is 0. The van der Waals surface area contributed by atoms with Crippen molar-refractivity contribution in [3.05, 3.63) is 51.7 Å². The molecule has 10 nitrogen and oxygen atoms in total. The molecule has 0 saturated carbocycles. The first kappa shape index (κ1) is 25.5. The zero-order valence-electron chi connectivity index (χ0n) is 17.3. The second kappa shape index (κ2) is 9.02. The maximum absolute atomic E-state index is 12.9. The normalized spacial score (nSPS) is 12.0. The Hall–Kier alpha value is -3.73. The molecule has 0 aliphatic heterocycles. The van der Waals surface area contributed by atoms with Crippen LogP contribution in [0, 0.1) is 21.4 Å². The summed E-state index contributed by atoms with van der Waals surface area (Å²) < 4.78 is 71.0. The summed E-state index contributed by atoms with van der Waals surface area (Å²) in [6.07, 6.45) is 0. The second-order valence-electron chi connectivity index (χ2n) is 6.98. The number of carbonyl (C=O) groups is 1. The molecule has 2 aromatic rings. The number of nitro benzene ring substituents is 1. The molecule has 1 heterocycles. The zero-order chi connectivity index (χ0) is 25.2. The quantitative estimate of drug-likeness (QED) is 0.188. The molecular weight excluding hydrogens is 471 g/mol. The fourth-order valence-corrected chi connectivity index (χ4v) is 2.99. The Bertz CT molecular complexity index is 1240. The molecule has 0 N–H and O–H groups in total. The summed E-state index contributed by atoms with van der Waals surface area (Å²) >= 11 is 0. The zero-order valence-corrected chi connectivity index (χ0v) is 18.2. The van der Waals surface area contributed by atoms with Crippen LogP contribution in [0.2, 0.25) is 0 Å². The van der Waals surface area contributed by atoms with Gasteiger partial charge in [-0.1, -0.05) is 0 Å². The van der Waals surface area contributed by atoms with Gasteiger partial charge in [-0.15, -0.1) is 0 Å². The maximum Gasteiger partial charge on any atom is 0.534 e. The summed E-state index contributed by atoms with van der Waals surface area (Å²) in [5, 5.41) is 20.4. The van der Waals surface area contributed by atoms with E-state index in [4.69, 9.17) is 4.74 Å². The van der Waals surface area contributed by atoms with Crippen molar-refractivity contribution in [1.82, 2.24) is 4.98 Å². The molecule has 1 aromatic carbocycles. The van der Waals surface area contributed by atoms with E-state index in [2.05, 4.69) is 9.17 Å². The Balaban J connectivity index is 2.83. The predicted octanol–water partition coefficient (Wildman–Crippen LogP) is 3.60. The van der Waals surface area contributed by atoms with E-state index >= 15 is 0 Å². The van der Waals surface area contributed by atoms with E-state index in [1.807, 2.05) is 0 Å². The van der Waals surface area contributed by atoms with Crippen molar-refractivity contribution in [2.45, 2.75) is 31.7 Å². The minimum atomic E-state index is -6.21. The van der Waals surface area contributed by atoms with Gasteiger partial charge in [0.15, 0.2) is 0 Å². The Morgan fingerprint density at radius 2 is 1.82 bits per heavy atom. The van der Waals surface area contributed by atoms with Crippen molar-refractivity contribution < 1.29 is 40.2 Å². The molecule has 0 amide bonds. The van der Waals surface area contributed by atoms with Gasteiger partial charge in [0.1, 0.15) is 17.0 Å². The number of hydrogen-bond acceptors (Lipinski definition) is 9. The number of nitro groups is 1. The summed E-state index contributed by atoms with van der Waals surface area (Å²) in [5.41, 5.74) is -8.76. The van der Waals surface area contributed by atoms with Crippen molar-refractivity contribution in [3.63, 3.8) is 0 Å². The fourth-order valence-electron chi connectivity index (χ4n) is 2.57. The second-order valence-corrected chi connectivity index (χ2v) is 8.52. The monoisotopic (exact) mass is 487 g/mol. The van der Waals surface area contributed by atoms with Crippen LogP contribution in [-0.2, 0) is 25.1 Å². The first-order valence-corrected chi connectivity index (χ1v) is 10.4. The van der Waals surface area contributed by atoms with Gasteiger partial charge >= 0.3 is 21.6 Å². The Kier molecular flexibility index (Phi) is 6.98. The fraction of sp³-hybridized carbons (Fsp3) is 0.316. The van der Waals surface area contributed by atoms with Crippen molar-refractivity contribution in [2.24, 2.45) is 0 Å². The summed E-state index contributed by atoms with van der Waals surface area (Å²) in [4.78, 5) is 26.3. The molecular formula is C19H16F3N3O7S. The lowest BCUT2D eigenvalue weighted by Gasteiger charge is -2.23. The maximum atomic E-state index is 12.9. The molecule has 176 valence electrons. The SMILES string of the molecule is CCOC(=O)C(C)(C)c1cc(-c2ccc([N+](=O)[O-])cc2)c(C#N)c(OS(=O)(=O)C(F)(F)F)n1. The molecule has 14 heteroatoms. The van der Waals surface area contributed by atoms with Crippen LogP contribution in [0.15, 0.2) is 30.3 Å². The highest BCUT2D eigenvalue weighted by Crippen LogP contribution is 2.37. The molecule has 0 spiro atoms. The third kappa shape index (κ3) is 5.20. The molecule has 0 aliphatic rings. The molecule has 2 rings (SSSR count). The average Bonchev–Trinajstić information content (AvgIpc) is 2.72. The molecule has 0 bridgehead atoms. The topological polar surface area (TPSA) is 149 Å². The lowest BCUT2D eigenvalue weighted by Crippen LogP contribution is -2.33. The highest BCUT2D eigenvalue weighted by atomic mass is 32.2. The molecule has 0 radical (unpaired) electrons. The number of rotatable bonds is 7. The van der Waals surface area contributed by atoms with Crippen molar-refractivity contribution >= 4 is 21.8 Å². The van der Waals surface area contributed by atoms with Crippen LogP contribution in [0.1, 0.15) is 32.0 Å². The van der Waals surface area contributed by atoms with E-state index in [1.165, 1.54) is 45.0 Å². The average molecular weight is 487 g/mol. The predicted molar refractivity (Wildman–Crippen MR) is 106 cm³/mol. The largest absolute Gasteiger partial charge is 0.534 e. The molecule has 0 unspecified atom stereocenters. The van der Waals surface area contributed by atoms with Crippen LogP contribution in [-0.4, -0.2) is 36.4 Å². The molecule has 1 aromatic heterocycles. The Morgan fingerprint density at radius 1 is 1.24 bits per heavy atom. The molecule has 0 atom stereocenters. The third-order valence-corrected chi connectivity index (χ3v) is 5.33. The van der Waals surface area contributed by atoms with E-state index in [1.54, 1.807) is 0 Å². The van der Waals surface area contributed by atoms with Gasteiger partial charge in [0.25, 0.3) is 11.6 Å². The summed E-state index contributed by atoms with van der Waals surface area (Å²) in [6, 6.07) is 7.23. The number of benzene rings is 1. The Labute approximate surface area is 185 Å². The number of pyridine rings is 1. The van der Waals surface area contributed by atoms with Gasteiger partial charge in [-0.05, 0) is 44.5 Å². The van der Waals surface area contributed by atoms with Crippen molar-refractivity contribution in [3.8, 4) is 23.1 Å². The number of alkyl halides is 3. The summed E-state index contributed by atoms with van der Waals surface area (Å²) in [6.45, 7) is 4.13. The number of halogens is 3. The number of nitrogens with zero attached hydrogens (tertiary/aromatic N) is 3. The van der Waals surface area contributed by atoms with Gasteiger partial charge < -0.3 is 8.92 Å². The number of non-ortho nitro benzene ring substituents is 1. The highest BCUT2D eigenvalue weighted by Gasteiger charge is 2.49. The first-order valence-electron chi connectivity index (χ1n) is 9.04. The van der Waals surface area contributed by atoms with Crippen LogP contribution in [0.25, 0.3) is 11.1 Å². The highest BCUT2D eigenvalue weighted by molar-refractivity contribution is 7.87. The number of aromatic nitrogens is 1. The lowest BCUT2D eigenvalue weighted by atomic mass is 9.86. The minimum Gasteiger partial charge on any atom is -0.465 e. The standard InChI is InChI=1S/C19H16F3N3O7S/c1-4-31-17(26)18(2,3)15-9-13(11-5-7-12(8-6-11)25(27)28)14(10-23)16(24-15)32-33(29,30)19(20,21)22/h5-9H,4H2,1-3H3. The number of carbonyl (C=O) groups excluding carboxylic acids is 1. The van der Waals surface area contributed by atoms with Gasteiger partial charge in [-0.3, -0.25) is 14.9 Å². The van der Waals surface area contributed by atoms with Gasteiger partial charge in [-0.25, -0.2) is 4.98 Å². The van der Waals surface area contributed by atoms with Crippen LogP contribution < -0.4 is 4.18 Å². The molecule has 33 heavy (non-hydrogen) atoms. The van der Waals surface area contributed by atoms with E-state index in [0.29, 0.717) is 0 Å². The van der Waals surface area contributed by atoms with Crippen LogP contribution in [0.3, 0.4) is 0 Å². The van der Waals surface area contributed by atoms with E-state index in [0.717, 1.165) is 12.1 Å². The number of esters is 1. The minimum absolute atomic E-state index is 0.0282. The van der Waals surface area contributed by atoms with E-state index in [9.17, 15) is 41.8 Å². The number of ether oxygens (including phenoxy) is 1. The molecule has 0 saturated heterocycles. The van der Waals surface area contributed by atoms with Crippen LogP contribution in [0.5, 0.6) is 5.88 Å². The smallest absolute Gasteiger partial charge is 0.465 e. The van der Waals surface area contributed by atoms with Gasteiger partial charge in [0.05, 0.1) is 17.2 Å². The Morgan fingerprint density at radius 3 is 2.27 bits per heavy atom. The molecule has 0 fully saturated rings. The number of nitriles is 1. The van der Waals surface area contributed by atoms with E-state index in [-0.39, 0.29) is 29.1 Å². The van der Waals surface area contributed by atoms with Gasteiger partial charge in [0.2, 0.25) is 0 Å². The van der Waals surface area contributed by atoms with E-state index < -0.39 is 43.4 Å². The van der Waals surface area contributed by atoms with Crippen molar-refractivity contribution in [2.75, 3.05) is 6.61 Å².